The zero-order chi connectivity index (χ0) is 12.4. The molecule has 0 unspecified atom stereocenters. The van der Waals surface area contributed by atoms with Gasteiger partial charge in [0.15, 0.2) is 0 Å². The summed E-state index contributed by atoms with van der Waals surface area (Å²) in [6, 6.07) is 6.62. The van der Waals surface area contributed by atoms with Crippen LogP contribution in [0, 0.1) is 6.92 Å². The number of nitrogen functional groups attached to an aromatic ring is 1. The van der Waals surface area contributed by atoms with Crippen LogP contribution in [-0.4, -0.2) is 39.5 Å². The Labute approximate surface area is 125 Å². The first-order valence-electron chi connectivity index (χ1n) is 5.01. The van der Waals surface area contributed by atoms with Crippen molar-refractivity contribution >= 4 is 46.7 Å². The first-order valence-corrected chi connectivity index (χ1v) is 5.01. The molecular weight excluding hydrogens is 243 g/mol. The Bertz CT molecular complexity index is 634. The van der Waals surface area contributed by atoms with Gasteiger partial charge in [0.2, 0.25) is 0 Å². The third-order valence-electron chi connectivity index (χ3n) is 2.31. The predicted molar refractivity (Wildman–Crippen MR) is 72.3 cm³/mol. The summed E-state index contributed by atoms with van der Waals surface area (Å²) in [6.07, 6.45) is 0. The van der Waals surface area contributed by atoms with Crippen LogP contribution in [0.5, 0.6) is 0 Å². The minimum atomic E-state index is -0.549. The minimum Gasteiger partial charge on any atom is -0.399 e. The number of H-pyrrole nitrogens is 2. The summed E-state index contributed by atoms with van der Waals surface area (Å²) < 4.78 is 0. The van der Waals surface area contributed by atoms with Crippen LogP contribution in [0.15, 0.2) is 33.9 Å². The molecule has 0 saturated carbocycles. The van der Waals surface area contributed by atoms with E-state index in [0.29, 0.717) is 11.5 Å². The number of nitrogens with one attached hydrogen (secondary N) is 3. The number of benzene rings is 1. The third kappa shape index (κ3) is 3.49. The summed E-state index contributed by atoms with van der Waals surface area (Å²) in [5, 5.41) is 2.92. The minimum absolute atomic E-state index is 0. The van der Waals surface area contributed by atoms with Gasteiger partial charge in [-0.25, -0.2) is 4.79 Å². The molecule has 0 spiro atoms. The molecule has 1 aromatic carbocycles. The van der Waals surface area contributed by atoms with Crippen LogP contribution in [0.3, 0.4) is 0 Å². The molecule has 18 heavy (non-hydrogen) atoms. The first kappa shape index (κ1) is 14.6. The molecule has 1 heterocycles. The van der Waals surface area contributed by atoms with Gasteiger partial charge in [-0.3, -0.25) is 14.8 Å². The van der Waals surface area contributed by atoms with Crippen molar-refractivity contribution < 1.29 is 0 Å². The van der Waals surface area contributed by atoms with E-state index in [9.17, 15) is 9.59 Å². The molecule has 0 atom stereocenters. The van der Waals surface area contributed by atoms with Crippen molar-refractivity contribution in [3.05, 3.63) is 50.7 Å². The molecule has 7 heteroatoms. The number of hydrogen-bond acceptors (Lipinski definition) is 4. The van der Waals surface area contributed by atoms with Crippen molar-refractivity contribution in [2.45, 2.75) is 6.92 Å². The van der Waals surface area contributed by atoms with Crippen LogP contribution >= 0.6 is 0 Å². The van der Waals surface area contributed by atoms with Crippen LogP contribution in [0.2, 0.25) is 0 Å². The van der Waals surface area contributed by atoms with Crippen molar-refractivity contribution in [3.63, 3.8) is 0 Å². The van der Waals surface area contributed by atoms with Crippen molar-refractivity contribution in [2.75, 3.05) is 11.1 Å². The average Bonchev–Trinajstić information content (AvgIpc) is 2.22. The Morgan fingerprint density at radius 1 is 1.17 bits per heavy atom. The van der Waals surface area contributed by atoms with Crippen molar-refractivity contribution in [2.24, 2.45) is 0 Å². The standard InChI is InChI=1S/C11H12N4O2.Na/c1-6-4-7(2-3-8(6)12)13-9-5-10(16)15-11(17)14-9;/h2-5H,12H2,1H3,(H3,13,14,15,16,17);. The van der Waals surface area contributed by atoms with Crippen molar-refractivity contribution in [1.29, 1.82) is 0 Å². The number of nitrogens with two attached hydrogens (primary N) is 1. The second-order valence-corrected chi connectivity index (χ2v) is 3.70. The van der Waals surface area contributed by atoms with Gasteiger partial charge in [0.25, 0.3) is 5.56 Å². The van der Waals surface area contributed by atoms with Gasteiger partial charge in [0.1, 0.15) is 5.82 Å². The Morgan fingerprint density at radius 3 is 2.50 bits per heavy atom. The number of hydrogen-bond donors (Lipinski definition) is 4. The van der Waals surface area contributed by atoms with Crippen LogP contribution < -0.4 is 22.3 Å². The molecule has 0 fully saturated rings. The maximum Gasteiger partial charge on any atom is 0.327 e. The number of aromatic nitrogens is 2. The maximum atomic E-state index is 11.1. The van der Waals surface area contributed by atoms with E-state index in [0.717, 1.165) is 11.3 Å². The average molecular weight is 255 g/mol. The van der Waals surface area contributed by atoms with Crippen molar-refractivity contribution in [3.8, 4) is 0 Å². The van der Waals surface area contributed by atoms with E-state index < -0.39 is 11.2 Å². The third-order valence-corrected chi connectivity index (χ3v) is 2.31. The van der Waals surface area contributed by atoms with Gasteiger partial charge in [-0.15, -0.1) is 0 Å². The second kappa shape index (κ2) is 5.90. The van der Waals surface area contributed by atoms with E-state index in [2.05, 4.69) is 15.3 Å². The Balaban J connectivity index is 0.00000162. The summed E-state index contributed by atoms with van der Waals surface area (Å²) in [6.45, 7) is 1.88. The van der Waals surface area contributed by atoms with Crippen LogP contribution in [0.25, 0.3) is 0 Å². The van der Waals surface area contributed by atoms with Crippen LogP contribution in [-0.2, 0) is 0 Å². The summed E-state index contributed by atoms with van der Waals surface area (Å²) in [5.41, 5.74) is 7.04. The second-order valence-electron chi connectivity index (χ2n) is 3.70. The topological polar surface area (TPSA) is 104 Å². The molecule has 0 aliphatic heterocycles. The first-order chi connectivity index (χ1) is 8.04. The maximum absolute atomic E-state index is 11.1. The molecule has 0 bridgehead atoms. The molecule has 0 saturated heterocycles. The molecule has 6 nitrogen and oxygen atoms in total. The van der Waals surface area contributed by atoms with E-state index in [1.165, 1.54) is 6.07 Å². The summed E-state index contributed by atoms with van der Waals surface area (Å²) in [7, 11) is 0. The Kier molecular flexibility index (Phi) is 4.77. The fraction of sp³-hybridized carbons (Fsp3) is 0.0909. The predicted octanol–water partition coefficient (Wildman–Crippen LogP) is 0.317. The fourth-order valence-corrected chi connectivity index (χ4v) is 1.45. The summed E-state index contributed by atoms with van der Waals surface area (Å²) >= 11 is 0. The number of rotatable bonds is 2. The zero-order valence-electron chi connectivity index (χ0n) is 10.2. The molecule has 5 N–H and O–H groups in total. The van der Waals surface area contributed by atoms with Gasteiger partial charge in [0, 0.05) is 47.0 Å². The molecule has 1 radical (unpaired) electrons. The van der Waals surface area contributed by atoms with Crippen LogP contribution in [0.1, 0.15) is 5.56 Å². The van der Waals surface area contributed by atoms with Gasteiger partial charge in [-0.1, -0.05) is 0 Å². The zero-order valence-corrected chi connectivity index (χ0v) is 12.2. The van der Waals surface area contributed by atoms with E-state index >= 15 is 0 Å². The van der Waals surface area contributed by atoms with Gasteiger partial charge in [0.05, 0.1) is 0 Å². The van der Waals surface area contributed by atoms with Gasteiger partial charge in [-0.05, 0) is 30.7 Å². The smallest absolute Gasteiger partial charge is 0.327 e. The Hall–Kier alpha value is -1.50. The van der Waals surface area contributed by atoms with E-state index in [1.54, 1.807) is 12.1 Å². The molecule has 1 aromatic heterocycles. The number of aromatic amines is 2. The molecule has 89 valence electrons. The van der Waals surface area contributed by atoms with Gasteiger partial charge < -0.3 is 11.1 Å². The van der Waals surface area contributed by atoms with E-state index in [1.807, 2.05) is 13.0 Å². The normalized spacial score (nSPS) is 9.61. The van der Waals surface area contributed by atoms with E-state index in [4.69, 9.17) is 5.73 Å². The SMILES string of the molecule is Cc1cc(Nc2cc(=O)[nH]c(=O)[nH]2)ccc1N.[Na]. The molecule has 0 aliphatic carbocycles. The van der Waals surface area contributed by atoms with Gasteiger partial charge >= 0.3 is 5.69 Å². The number of anilines is 3. The quantitative estimate of drug-likeness (QED) is 0.458. The fourth-order valence-electron chi connectivity index (χ4n) is 1.45. The van der Waals surface area contributed by atoms with Crippen molar-refractivity contribution in [1.82, 2.24) is 9.97 Å². The molecule has 2 aromatic rings. The largest absolute Gasteiger partial charge is 0.399 e. The molecular formula is C11H12N4NaO2. The summed E-state index contributed by atoms with van der Waals surface area (Å²) in [4.78, 5) is 26.7. The monoisotopic (exact) mass is 255 g/mol. The van der Waals surface area contributed by atoms with Gasteiger partial charge in [-0.2, -0.15) is 0 Å². The molecule has 0 aliphatic rings. The number of aryl methyl sites for hydroxylation is 1. The summed E-state index contributed by atoms with van der Waals surface area (Å²) in [5.74, 6) is 0.336. The van der Waals surface area contributed by atoms with Crippen LogP contribution in [0.4, 0.5) is 17.2 Å². The molecule has 2 rings (SSSR count). The van der Waals surface area contributed by atoms with E-state index in [-0.39, 0.29) is 29.6 Å². The Morgan fingerprint density at radius 2 is 1.89 bits per heavy atom. The molecule has 0 amide bonds.